The molecule has 21 heavy (non-hydrogen) atoms. The zero-order chi connectivity index (χ0) is 15.9. The van der Waals surface area contributed by atoms with Crippen molar-refractivity contribution in [3.05, 3.63) is 44.8 Å². The molecule has 2 aromatic rings. The number of anilines is 1. The maximum absolute atomic E-state index is 13.7. The van der Waals surface area contributed by atoms with Crippen molar-refractivity contribution in [2.75, 3.05) is 5.73 Å². The monoisotopic (exact) mass is 324 g/mol. The van der Waals surface area contributed by atoms with Crippen LogP contribution >= 0.6 is 11.6 Å². The molecule has 112 valence electrons. The highest BCUT2D eigenvalue weighted by molar-refractivity contribution is 6.32. The molecule has 0 aliphatic rings. The highest BCUT2D eigenvalue weighted by atomic mass is 35.5. The van der Waals surface area contributed by atoms with E-state index in [0.717, 1.165) is 12.3 Å². The van der Waals surface area contributed by atoms with Gasteiger partial charge in [-0.25, -0.2) is 9.07 Å². The first-order valence-corrected chi connectivity index (χ1v) is 5.56. The topological polar surface area (TPSA) is 87.0 Å². The summed E-state index contributed by atoms with van der Waals surface area (Å²) >= 11 is 5.54. The van der Waals surface area contributed by atoms with Crippen LogP contribution in [0.1, 0.15) is 5.56 Å². The number of halogens is 5. The van der Waals surface area contributed by atoms with Gasteiger partial charge in [-0.2, -0.15) is 18.3 Å². The summed E-state index contributed by atoms with van der Waals surface area (Å²) in [5.41, 5.74) is 2.96. The Hall–Kier alpha value is -2.36. The quantitative estimate of drug-likeness (QED) is 0.522. The SMILES string of the molecule is Nc1c([N+](=O)[O-])cnn1-c1ccc(C(F)(F)F)c(F)c1Cl. The van der Waals surface area contributed by atoms with Gasteiger partial charge in [0.25, 0.3) is 0 Å². The third-order valence-corrected chi connectivity index (χ3v) is 2.94. The molecule has 0 unspecified atom stereocenters. The number of hydrogen-bond acceptors (Lipinski definition) is 4. The second-order valence-corrected chi connectivity index (χ2v) is 4.22. The average Bonchev–Trinajstić information content (AvgIpc) is 2.73. The molecule has 0 amide bonds. The van der Waals surface area contributed by atoms with Crippen LogP contribution in [-0.2, 0) is 6.18 Å². The van der Waals surface area contributed by atoms with E-state index >= 15 is 0 Å². The number of alkyl halides is 3. The maximum Gasteiger partial charge on any atom is 0.419 e. The Labute approximate surface area is 118 Å². The van der Waals surface area contributed by atoms with Gasteiger partial charge in [0, 0.05) is 0 Å². The van der Waals surface area contributed by atoms with E-state index in [-0.39, 0.29) is 5.69 Å². The molecule has 0 aliphatic carbocycles. The molecule has 1 aromatic carbocycles. The molecule has 11 heteroatoms. The lowest BCUT2D eigenvalue weighted by atomic mass is 10.2. The molecule has 0 radical (unpaired) electrons. The standard InChI is InChI=1S/C10H5ClF4N4O2/c11-7-5(2-1-4(8(7)12)10(13,14)15)18-9(16)6(3-17-18)19(20)21/h1-3H,16H2. The molecule has 2 rings (SSSR count). The van der Waals surface area contributed by atoms with Gasteiger partial charge >= 0.3 is 11.9 Å². The minimum Gasteiger partial charge on any atom is -0.378 e. The second kappa shape index (κ2) is 4.88. The van der Waals surface area contributed by atoms with E-state index in [9.17, 15) is 27.7 Å². The molecule has 0 bridgehead atoms. The Kier molecular flexibility index (Phi) is 3.49. The third-order valence-electron chi connectivity index (χ3n) is 2.58. The predicted octanol–water partition coefficient (Wildman–Crippen LogP) is 3.17. The number of aromatic nitrogens is 2. The molecule has 1 aromatic heterocycles. The summed E-state index contributed by atoms with van der Waals surface area (Å²) in [7, 11) is 0. The van der Waals surface area contributed by atoms with E-state index in [4.69, 9.17) is 17.3 Å². The maximum atomic E-state index is 13.7. The Balaban J connectivity index is 2.62. The van der Waals surface area contributed by atoms with Crippen LogP contribution in [0.4, 0.5) is 29.1 Å². The first-order chi connectivity index (χ1) is 9.64. The first-order valence-electron chi connectivity index (χ1n) is 5.18. The van der Waals surface area contributed by atoms with Crippen molar-refractivity contribution in [3.8, 4) is 5.69 Å². The third kappa shape index (κ3) is 2.49. The molecule has 0 saturated heterocycles. The Morgan fingerprint density at radius 3 is 2.48 bits per heavy atom. The molecule has 2 N–H and O–H groups in total. The number of benzene rings is 1. The highest BCUT2D eigenvalue weighted by Gasteiger charge is 2.36. The van der Waals surface area contributed by atoms with Crippen LogP contribution < -0.4 is 5.73 Å². The van der Waals surface area contributed by atoms with Crippen molar-refractivity contribution in [2.45, 2.75) is 6.18 Å². The minimum atomic E-state index is -4.92. The van der Waals surface area contributed by atoms with Gasteiger partial charge in [-0.05, 0) is 12.1 Å². The lowest BCUT2D eigenvalue weighted by Gasteiger charge is -2.12. The van der Waals surface area contributed by atoms with E-state index in [0.29, 0.717) is 10.7 Å². The van der Waals surface area contributed by atoms with E-state index in [1.165, 1.54) is 0 Å². The number of hydrogen-bond donors (Lipinski definition) is 1. The summed E-state index contributed by atoms with van der Waals surface area (Å²) < 4.78 is 51.9. The predicted molar refractivity (Wildman–Crippen MR) is 64.6 cm³/mol. The Morgan fingerprint density at radius 2 is 2.00 bits per heavy atom. The van der Waals surface area contributed by atoms with Gasteiger partial charge in [-0.3, -0.25) is 10.1 Å². The number of nitrogens with two attached hydrogens (primary N) is 1. The molecule has 0 saturated carbocycles. The van der Waals surface area contributed by atoms with Crippen LogP contribution in [0.15, 0.2) is 18.3 Å². The number of nitrogens with zero attached hydrogens (tertiary/aromatic N) is 3. The number of nitrogen functional groups attached to an aromatic ring is 1. The lowest BCUT2D eigenvalue weighted by molar-refractivity contribution is -0.383. The first kappa shape index (κ1) is 15.0. The fraction of sp³-hybridized carbons (Fsp3) is 0.100. The molecule has 0 fully saturated rings. The van der Waals surface area contributed by atoms with Crippen LogP contribution in [0.2, 0.25) is 5.02 Å². The summed E-state index contributed by atoms with van der Waals surface area (Å²) in [6.45, 7) is 0. The minimum absolute atomic E-state index is 0.340. The summed E-state index contributed by atoms with van der Waals surface area (Å²) in [6.07, 6.45) is -4.14. The summed E-state index contributed by atoms with van der Waals surface area (Å²) in [6, 6.07) is 1.27. The van der Waals surface area contributed by atoms with Crippen molar-refractivity contribution in [3.63, 3.8) is 0 Å². The molecular formula is C10H5ClF4N4O2. The van der Waals surface area contributed by atoms with Gasteiger partial charge in [-0.1, -0.05) is 11.6 Å². The summed E-state index contributed by atoms with van der Waals surface area (Å²) in [4.78, 5) is 9.78. The van der Waals surface area contributed by atoms with Gasteiger partial charge in [0.2, 0.25) is 5.82 Å². The van der Waals surface area contributed by atoms with Gasteiger partial charge in [0.1, 0.15) is 11.2 Å². The fourth-order valence-corrected chi connectivity index (χ4v) is 1.85. The van der Waals surface area contributed by atoms with Crippen LogP contribution in [-0.4, -0.2) is 14.7 Å². The highest BCUT2D eigenvalue weighted by Crippen LogP contribution is 2.37. The molecule has 6 nitrogen and oxygen atoms in total. The molecule has 0 aliphatic heterocycles. The number of rotatable bonds is 2. The fourth-order valence-electron chi connectivity index (χ4n) is 1.60. The normalized spacial score (nSPS) is 11.7. The van der Waals surface area contributed by atoms with Crippen molar-refractivity contribution in [1.82, 2.24) is 9.78 Å². The molecular weight excluding hydrogens is 320 g/mol. The van der Waals surface area contributed by atoms with E-state index in [1.807, 2.05) is 0 Å². The van der Waals surface area contributed by atoms with Crippen molar-refractivity contribution in [2.24, 2.45) is 0 Å². The second-order valence-electron chi connectivity index (χ2n) is 3.84. The smallest absolute Gasteiger partial charge is 0.378 e. The zero-order valence-corrected chi connectivity index (χ0v) is 10.6. The Bertz CT molecular complexity index is 729. The van der Waals surface area contributed by atoms with Crippen LogP contribution in [0.25, 0.3) is 5.69 Å². The molecule has 0 spiro atoms. The lowest BCUT2D eigenvalue weighted by Crippen LogP contribution is -2.11. The molecule has 1 heterocycles. The zero-order valence-electron chi connectivity index (χ0n) is 9.86. The summed E-state index contributed by atoms with van der Waals surface area (Å²) in [5, 5.41) is 13.2. The molecule has 0 atom stereocenters. The largest absolute Gasteiger partial charge is 0.419 e. The average molecular weight is 325 g/mol. The van der Waals surface area contributed by atoms with Crippen LogP contribution in [0.5, 0.6) is 0 Å². The van der Waals surface area contributed by atoms with Gasteiger partial charge < -0.3 is 5.73 Å². The van der Waals surface area contributed by atoms with Crippen molar-refractivity contribution < 1.29 is 22.5 Å². The van der Waals surface area contributed by atoms with Crippen molar-refractivity contribution in [1.29, 1.82) is 0 Å². The van der Waals surface area contributed by atoms with Gasteiger partial charge in [-0.15, -0.1) is 0 Å². The van der Waals surface area contributed by atoms with E-state index in [1.54, 1.807) is 0 Å². The van der Waals surface area contributed by atoms with Gasteiger partial charge in [0.05, 0.1) is 16.2 Å². The van der Waals surface area contributed by atoms with Crippen LogP contribution in [0.3, 0.4) is 0 Å². The van der Waals surface area contributed by atoms with Crippen molar-refractivity contribution >= 4 is 23.1 Å². The van der Waals surface area contributed by atoms with Crippen LogP contribution in [0, 0.1) is 15.9 Å². The Morgan fingerprint density at radius 1 is 1.38 bits per heavy atom. The van der Waals surface area contributed by atoms with Gasteiger partial charge in [0.15, 0.2) is 5.82 Å². The number of nitro groups is 1. The van der Waals surface area contributed by atoms with E-state index < -0.39 is 39.0 Å². The van der Waals surface area contributed by atoms with E-state index in [2.05, 4.69) is 5.10 Å². The summed E-state index contributed by atoms with van der Waals surface area (Å²) in [5.74, 6) is -2.19.